The quantitative estimate of drug-likeness (QED) is 0.774. The molecule has 0 unspecified atom stereocenters. The first-order chi connectivity index (χ1) is 11.2. The normalized spacial score (nSPS) is 12.5. The fraction of sp³-hybridized carbons (Fsp3) is 0.200. The lowest BCUT2D eigenvalue weighted by Gasteiger charge is -2.14. The van der Waals surface area contributed by atoms with E-state index in [1.807, 2.05) is 0 Å². The highest BCUT2D eigenvalue weighted by Crippen LogP contribution is 2.13. The van der Waals surface area contributed by atoms with E-state index in [0.717, 1.165) is 0 Å². The number of anilines is 1. The molecule has 128 valence electrons. The van der Waals surface area contributed by atoms with Crippen molar-refractivity contribution in [1.82, 2.24) is 4.57 Å². The van der Waals surface area contributed by atoms with Gasteiger partial charge in [-0.3, -0.25) is 4.79 Å². The number of rotatable bonds is 5. The summed E-state index contributed by atoms with van der Waals surface area (Å²) in [5.41, 5.74) is 0.682. The van der Waals surface area contributed by atoms with Gasteiger partial charge in [0.1, 0.15) is 5.69 Å². The Labute approximate surface area is 139 Å². The molecule has 0 aliphatic rings. The van der Waals surface area contributed by atoms with Gasteiger partial charge in [-0.1, -0.05) is 0 Å². The van der Waals surface area contributed by atoms with Crippen molar-refractivity contribution in [2.24, 2.45) is 12.2 Å². The molecule has 0 aliphatic carbocycles. The van der Waals surface area contributed by atoms with Crippen molar-refractivity contribution >= 4 is 27.6 Å². The fourth-order valence-electron chi connectivity index (χ4n) is 1.92. The molecule has 1 amide bonds. The van der Waals surface area contributed by atoms with Crippen LogP contribution in [0, 0.1) is 0 Å². The Kier molecular flexibility index (Phi) is 5.05. The molecular formula is C15H17N3O5S. The third-order valence-electron chi connectivity index (χ3n) is 3.26. The van der Waals surface area contributed by atoms with Crippen LogP contribution in [0.1, 0.15) is 17.4 Å². The van der Waals surface area contributed by atoms with Gasteiger partial charge in [0.15, 0.2) is 6.10 Å². The summed E-state index contributed by atoms with van der Waals surface area (Å²) in [4.78, 5) is 23.9. The molecule has 2 aromatic rings. The first kappa shape index (κ1) is 17.7. The van der Waals surface area contributed by atoms with E-state index in [9.17, 15) is 18.0 Å². The highest BCUT2D eigenvalue weighted by Gasteiger charge is 2.20. The van der Waals surface area contributed by atoms with Crippen molar-refractivity contribution in [2.45, 2.75) is 17.9 Å². The molecular weight excluding hydrogens is 334 g/mol. The van der Waals surface area contributed by atoms with Gasteiger partial charge < -0.3 is 14.6 Å². The van der Waals surface area contributed by atoms with E-state index in [2.05, 4.69) is 5.32 Å². The molecule has 3 N–H and O–H groups in total. The first-order valence-electron chi connectivity index (χ1n) is 6.94. The summed E-state index contributed by atoms with van der Waals surface area (Å²) < 4.78 is 29.0. The van der Waals surface area contributed by atoms with Gasteiger partial charge in [-0.05, 0) is 43.3 Å². The molecule has 9 heteroatoms. The Hall–Kier alpha value is -2.65. The highest BCUT2D eigenvalue weighted by atomic mass is 32.2. The number of hydrogen-bond donors (Lipinski definition) is 2. The summed E-state index contributed by atoms with van der Waals surface area (Å²) in [5, 5.41) is 7.52. The molecule has 24 heavy (non-hydrogen) atoms. The van der Waals surface area contributed by atoms with E-state index in [-0.39, 0.29) is 4.90 Å². The van der Waals surface area contributed by atoms with Gasteiger partial charge in [-0.25, -0.2) is 18.4 Å². The molecule has 1 aromatic carbocycles. The summed E-state index contributed by atoms with van der Waals surface area (Å²) in [6.45, 7) is 1.44. The number of ether oxygens (including phenoxy) is 1. The molecule has 0 aliphatic heterocycles. The van der Waals surface area contributed by atoms with Gasteiger partial charge in [-0.2, -0.15) is 0 Å². The minimum absolute atomic E-state index is 0.0660. The van der Waals surface area contributed by atoms with Crippen LogP contribution in [-0.2, 0) is 26.6 Å². The Morgan fingerprint density at radius 3 is 2.33 bits per heavy atom. The molecule has 0 saturated heterocycles. The van der Waals surface area contributed by atoms with Crippen LogP contribution in [0.2, 0.25) is 0 Å². The third-order valence-corrected chi connectivity index (χ3v) is 4.19. The topological polar surface area (TPSA) is 120 Å². The zero-order valence-corrected chi connectivity index (χ0v) is 13.9. The van der Waals surface area contributed by atoms with Crippen LogP contribution in [0.5, 0.6) is 0 Å². The first-order valence-corrected chi connectivity index (χ1v) is 8.49. The van der Waals surface area contributed by atoms with E-state index >= 15 is 0 Å². The summed E-state index contributed by atoms with van der Waals surface area (Å²) >= 11 is 0. The molecule has 0 bridgehead atoms. The number of aromatic nitrogens is 1. The smallest absolute Gasteiger partial charge is 0.355 e. The number of carbonyl (C=O) groups is 2. The van der Waals surface area contributed by atoms with Crippen LogP contribution < -0.4 is 10.5 Å². The average Bonchev–Trinajstić information content (AvgIpc) is 2.93. The second kappa shape index (κ2) is 6.85. The van der Waals surface area contributed by atoms with Crippen molar-refractivity contribution in [2.75, 3.05) is 5.32 Å². The lowest BCUT2D eigenvalue weighted by Crippen LogP contribution is -2.30. The average molecular weight is 351 g/mol. The molecule has 0 spiro atoms. The SMILES string of the molecule is C[C@H](OC(=O)c1cccn1C)C(=O)Nc1ccc(S(N)(=O)=O)cc1. The number of nitrogens with zero attached hydrogens (tertiary/aromatic N) is 1. The molecule has 1 aromatic heterocycles. The number of benzene rings is 1. The van der Waals surface area contributed by atoms with Crippen LogP contribution in [0.25, 0.3) is 0 Å². The predicted octanol–water partition coefficient (Wildman–Crippen LogP) is 0.857. The monoisotopic (exact) mass is 351 g/mol. The maximum absolute atomic E-state index is 12.0. The maximum atomic E-state index is 12.0. The number of hydrogen-bond acceptors (Lipinski definition) is 5. The number of nitrogens with two attached hydrogens (primary N) is 1. The Morgan fingerprint density at radius 2 is 1.83 bits per heavy atom. The lowest BCUT2D eigenvalue weighted by molar-refractivity contribution is -0.123. The number of carbonyl (C=O) groups excluding carboxylic acids is 2. The van der Waals surface area contributed by atoms with Crippen molar-refractivity contribution < 1.29 is 22.7 Å². The standard InChI is InChI=1S/C15H17N3O5S/c1-10(23-15(20)13-4-3-9-18(13)2)14(19)17-11-5-7-12(8-6-11)24(16,21)22/h3-10H,1-2H3,(H,17,19)(H2,16,21,22)/t10-/m0/s1. The zero-order valence-electron chi connectivity index (χ0n) is 13.1. The number of primary sulfonamides is 1. The van der Waals surface area contributed by atoms with E-state index in [4.69, 9.17) is 9.88 Å². The Balaban J connectivity index is 1.99. The van der Waals surface area contributed by atoms with Gasteiger partial charge in [0, 0.05) is 18.9 Å². The fourth-order valence-corrected chi connectivity index (χ4v) is 2.43. The van der Waals surface area contributed by atoms with Crippen LogP contribution in [-0.4, -0.2) is 31.0 Å². The number of esters is 1. The van der Waals surface area contributed by atoms with Crippen molar-refractivity contribution in [3.63, 3.8) is 0 Å². The number of aryl methyl sites for hydroxylation is 1. The van der Waals surface area contributed by atoms with Gasteiger partial charge in [0.2, 0.25) is 10.0 Å². The molecule has 8 nitrogen and oxygen atoms in total. The van der Waals surface area contributed by atoms with Gasteiger partial charge in [-0.15, -0.1) is 0 Å². The van der Waals surface area contributed by atoms with Crippen molar-refractivity contribution in [3.05, 3.63) is 48.3 Å². The summed E-state index contributed by atoms with van der Waals surface area (Å²) in [5.74, 6) is -1.16. The van der Waals surface area contributed by atoms with Crippen LogP contribution in [0.4, 0.5) is 5.69 Å². The van der Waals surface area contributed by atoms with Crippen molar-refractivity contribution in [1.29, 1.82) is 0 Å². The minimum atomic E-state index is -3.79. The Morgan fingerprint density at radius 1 is 1.21 bits per heavy atom. The maximum Gasteiger partial charge on any atom is 0.355 e. The molecule has 0 radical (unpaired) electrons. The summed E-state index contributed by atoms with van der Waals surface area (Å²) in [6, 6.07) is 8.59. The molecule has 2 rings (SSSR count). The highest BCUT2D eigenvalue weighted by molar-refractivity contribution is 7.89. The third kappa shape index (κ3) is 4.21. The number of nitrogens with one attached hydrogen (secondary N) is 1. The number of sulfonamides is 1. The summed E-state index contributed by atoms with van der Waals surface area (Å²) in [7, 11) is -2.10. The summed E-state index contributed by atoms with van der Waals surface area (Å²) in [6.07, 6.45) is 0.666. The van der Waals surface area contributed by atoms with Crippen LogP contribution >= 0.6 is 0 Å². The van der Waals surface area contributed by atoms with Crippen LogP contribution in [0.3, 0.4) is 0 Å². The van der Waals surface area contributed by atoms with Gasteiger partial charge >= 0.3 is 5.97 Å². The zero-order chi connectivity index (χ0) is 17.9. The molecule has 0 fully saturated rings. The van der Waals surface area contributed by atoms with Gasteiger partial charge in [0.05, 0.1) is 4.90 Å². The largest absolute Gasteiger partial charge is 0.448 e. The van der Waals surface area contributed by atoms with E-state index in [1.165, 1.54) is 31.2 Å². The predicted molar refractivity (Wildman–Crippen MR) is 86.7 cm³/mol. The number of amides is 1. The minimum Gasteiger partial charge on any atom is -0.448 e. The molecule has 0 saturated carbocycles. The van der Waals surface area contributed by atoms with E-state index in [1.54, 1.807) is 29.9 Å². The second-order valence-electron chi connectivity index (χ2n) is 5.11. The molecule has 1 atom stereocenters. The van der Waals surface area contributed by atoms with Crippen molar-refractivity contribution in [3.8, 4) is 0 Å². The lowest BCUT2D eigenvalue weighted by atomic mass is 10.3. The molecule has 1 heterocycles. The Bertz CT molecular complexity index is 855. The van der Waals surface area contributed by atoms with E-state index < -0.39 is 28.0 Å². The van der Waals surface area contributed by atoms with Gasteiger partial charge in [0.25, 0.3) is 5.91 Å². The second-order valence-corrected chi connectivity index (χ2v) is 6.67. The van der Waals surface area contributed by atoms with E-state index in [0.29, 0.717) is 11.4 Å². The van der Waals surface area contributed by atoms with Crippen LogP contribution in [0.15, 0.2) is 47.5 Å².